The molecule has 1 amide bonds. The Bertz CT molecular complexity index is 516. The Balaban J connectivity index is 1.68. The topological polar surface area (TPSA) is 58.8 Å². The van der Waals surface area contributed by atoms with Crippen LogP contribution in [0.2, 0.25) is 0 Å². The first-order valence-corrected chi connectivity index (χ1v) is 9.89. The SMILES string of the molecule is CN(CC(c1cccs1)N1CCOCC1)C(=O)[C@@H]1CCC[C@@H]1CN. The molecule has 2 N–H and O–H groups in total. The van der Waals surface area contributed by atoms with Crippen LogP contribution in [0.25, 0.3) is 0 Å². The lowest BCUT2D eigenvalue weighted by Gasteiger charge is -2.37. The zero-order chi connectivity index (χ0) is 16.9. The highest BCUT2D eigenvalue weighted by Crippen LogP contribution is 2.33. The van der Waals surface area contributed by atoms with Crippen LogP contribution in [0.15, 0.2) is 17.5 Å². The van der Waals surface area contributed by atoms with E-state index >= 15 is 0 Å². The molecular formula is C18H29N3O2S. The van der Waals surface area contributed by atoms with Crippen LogP contribution >= 0.6 is 11.3 Å². The molecular weight excluding hydrogens is 322 g/mol. The Morgan fingerprint density at radius 1 is 1.46 bits per heavy atom. The van der Waals surface area contributed by atoms with Gasteiger partial charge in [-0.3, -0.25) is 9.69 Å². The molecule has 0 aromatic carbocycles. The molecule has 3 rings (SSSR count). The summed E-state index contributed by atoms with van der Waals surface area (Å²) in [6.45, 7) is 4.78. The molecule has 0 bridgehead atoms. The number of rotatable bonds is 6. The van der Waals surface area contributed by atoms with E-state index in [1.54, 1.807) is 11.3 Å². The maximum Gasteiger partial charge on any atom is 0.225 e. The normalized spacial score (nSPS) is 26.4. The van der Waals surface area contributed by atoms with Crippen molar-refractivity contribution in [2.75, 3.05) is 46.4 Å². The Hall–Kier alpha value is -0.950. The number of carbonyl (C=O) groups excluding carboxylic acids is 1. The number of likely N-dealkylation sites (N-methyl/N-ethyl adjacent to an activating group) is 1. The Kier molecular flexibility index (Phi) is 6.27. The van der Waals surface area contributed by atoms with Gasteiger partial charge in [-0.05, 0) is 36.8 Å². The van der Waals surface area contributed by atoms with E-state index in [-0.39, 0.29) is 17.9 Å². The summed E-state index contributed by atoms with van der Waals surface area (Å²) >= 11 is 1.78. The van der Waals surface area contributed by atoms with Gasteiger partial charge < -0.3 is 15.4 Å². The van der Waals surface area contributed by atoms with E-state index in [0.29, 0.717) is 12.5 Å². The van der Waals surface area contributed by atoms with Crippen LogP contribution in [0.5, 0.6) is 0 Å². The Morgan fingerprint density at radius 3 is 2.92 bits per heavy atom. The van der Waals surface area contributed by atoms with Crippen LogP contribution in [0.4, 0.5) is 0 Å². The molecule has 2 fully saturated rings. The van der Waals surface area contributed by atoms with E-state index in [9.17, 15) is 4.79 Å². The average molecular weight is 352 g/mol. The maximum absolute atomic E-state index is 12.9. The minimum atomic E-state index is 0.119. The molecule has 1 saturated carbocycles. The molecule has 3 atom stereocenters. The number of carbonyl (C=O) groups is 1. The summed E-state index contributed by atoms with van der Waals surface area (Å²) in [4.78, 5) is 18.7. The number of amides is 1. The van der Waals surface area contributed by atoms with Crippen molar-refractivity contribution in [2.45, 2.75) is 25.3 Å². The minimum Gasteiger partial charge on any atom is -0.379 e. The van der Waals surface area contributed by atoms with Crippen molar-refractivity contribution in [3.05, 3.63) is 22.4 Å². The predicted molar refractivity (Wildman–Crippen MR) is 97.0 cm³/mol. The number of morpholine rings is 1. The average Bonchev–Trinajstić information content (AvgIpc) is 3.30. The van der Waals surface area contributed by atoms with Crippen LogP contribution in [0.1, 0.15) is 30.2 Å². The number of ether oxygens (including phenoxy) is 1. The van der Waals surface area contributed by atoms with E-state index in [4.69, 9.17) is 10.5 Å². The van der Waals surface area contributed by atoms with Crippen molar-refractivity contribution in [1.29, 1.82) is 0 Å². The smallest absolute Gasteiger partial charge is 0.225 e. The fourth-order valence-electron chi connectivity index (χ4n) is 4.03. The summed E-state index contributed by atoms with van der Waals surface area (Å²) in [5, 5.41) is 2.12. The zero-order valence-corrected chi connectivity index (χ0v) is 15.3. The van der Waals surface area contributed by atoms with Crippen LogP contribution in [-0.4, -0.2) is 62.1 Å². The molecule has 2 heterocycles. The van der Waals surface area contributed by atoms with Gasteiger partial charge >= 0.3 is 0 Å². The van der Waals surface area contributed by atoms with Gasteiger partial charge in [-0.2, -0.15) is 0 Å². The van der Waals surface area contributed by atoms with Crippen molar-refractivity contribution in [2.24, 2.45) is 17.6 Å². The summed E-state index contributed by atoms with van der Waals surface area (Å²) in [7, 11) is 1.95. The highest BCUT2D eigenvalue weighted by Gasteiger charge is 2.35. The molecule has 1 unspecified atom stereocenters. The van der Waals surface area contributed by atoms with Crippen LogP contribution in [0.3, 0.4) is 0 Å². The number of hydrogen-bond donors (Lipinski definition) is 1. The Morgan fingerprint density at radius 2 is 2.25 bits per heavy atom. The second-order valence-electron chi connectivity index (χ2n) is 6.93. The van der Waals surface area contributed by atoms with E-state index in [0.717, 1.165) is 52.1 Å². The molecule has 24 heavy (non-hydrogen) atoms. The molecule has 134 valence electrons. The van der Waals surface area contributed by atoms with E-state index in [1.807, 2.05) is 11.9 Å². The van der Waals surface area contributed by atoms with Gasteiger partial charge in [0.1, 0.15) is 0 Å². The third kappa shape index (κ3) is 3.99. The second kappa shape index (κ2) is 8.43. The van der Waals surface area contributed by atoms with Gasteiger partial charge in [0.15, 0.2) is 0 Å². The lowest BCUT2D eigenvalue weighted by atomic mass is 9.94. The van der Waals surface area contributed by atoms with Crippen LogP contribution in [-0.2, 0) is 9.53 Å². The van der Waals surface area contributed by atoms with Crippen LogP contribution in [0, 0.1) is 11.8 Å². The van der Waals surface area contributed by atoms with Gasteiger partial charge in [-0.1, -0.05) is 12.5 Å². The highest BCUT2D eigenvalue weighted by atomic mass is 32.1. The number of nitrogens with two attached hydrogens (primary N) is 1. The largest absolute Gasteiger partial charge is 0.379 e. The third-order valence-electron chi connectivity index (χ3n) is 5.46. The fraction of sp³-hybridized carbons (Fsp3) is 0.722. The monoisotopic (exact) mass is 351 g/mol. The zero-order valence-electron chi connectivity index (χ0n) is 14.5. The standard InChI is InChI=1S/C18H29N3O2S/c1-20(18(22)15-5-2-4-14(15)12-19)13-16(17-6-3-11-24-17)21-7-9-23-10-8-21/h3,6,11,14-16H,2,4-5,7-10,12-13,19H2,1H3/t14-,15-,16?/m1/s1. The molecule has 6 heteroatoms. The van der Waals surface area contributed by atoms with Crippen molar-refractivity contribution in [3.63, 3.8) is 0 Å². The molecule has 1 aromatic heterocycles. The summed E-state index contributed by atoms with van der Waals surface area (Å²) in [6, 6.07) is 4.54. The summed E-state index contributed by atoms with van der Waals surface area (Å²) in [5.41, 5.74) is 5.87. The molecule has 1 saturated heterocycles. The van der Waals surface area contributed by atoms with Gasteiger partial charge in [0.05, 0.1) is 19.3 Å². The van der Waals surface area contributed by atoms with Crippen molar-refractivity contribution in [1.82, 2.24) is 9.80 Å². The molecule has 1 aromatic rings. The molecule has 1 aliphatic heterocycles. The first kappa shape index (κ1) is 17.9. The summed E-state index contributed by atoms with van der Waals surface area (Å²) < 4.78 is 5.50. The Labute approximate surface area is 148 Å². The maximum atomic E-state index is 12.9. The van der Waals surface area contributed by atoms with E-state index in [2.05, 4.69) is 22.4 Å². The lowest BCUT2D eigenvalue weighted by molar-refractivity contribution is -0.136. The van der Waals surface area contributed by atoms with Gasteiger partial charge in [-0.15, -0.1) is 11.3 Å². The number of nitrogens with zero attached hydrogens (tertiary/aromatic N) is 2. The minimum absolute atomic E-state index is 0.119. The van der Waals surface area contributed by atoms with Crippen molar-refractivity contribution >= 4 is 17.2 Å². The first-order chi connectivity index (χ1) is 11.7. The predicted octanol–water partition coefficient (Wildman–Crippen LogP) is 1.95. The molecule has 2 aliphatic rings. The lowest BCUT2D eigenvalue weighted by Crippen LogP contribution is -2.45. The van der Waals surface area contributed by atoms with E-state index in [1.165, 1.54) is 4.88 Å². The van der Waals surface area contributed by atoms with E-state index < -0.39 is 0 Å². The first-order valence-electron chi connectivity index (χ1n) is 9.01. The summed E-state index contributed by atoms with van der Waals surface area (Å²) in [5.74, 6) is 0.759. The molecule has 0 spiro atoms. The molecule has 0 radical (unpaired) electrons. The van der Waals surface area contributed by atoms with Gasteiger partial charge in [-0.25, -0.2) is 0 Å². The van der Waals surface area contributed by atoms with Crippen molar-refractivity contribution < 1.29 is 9.53 Å². The summed E-state index contributed by atoms with van der Waals surface area (Å²) in [6.07, 6.45) is 3.22. The fourth-order valence-corrected chi connectivity index (χ4v) is 4.88. The second-order valence-corrected chi connectivity index (χ2v) is 7.91. The van der Waals surface area contributed by atoms with Crippen LogP contribution < -0.4 is 5.73 Å². The van der Waals surface area contributed by atoms with Gasteiger partial charge in [0, 0.05) is 37.5 Å². The van der Waals surface area contributed by atoms with Gasteiger partial charge in [0.2, 0.25) is 5.91 Å². The number of thiophene rings is 1. The highest BCUT2D eigenvalue weighted by molar-refractivity contribution is 7.10. The quantitative estimate of drug-likeness (QED) is 0.851. The molecule has 5 nitrogen and oxygen atoms in total. The van der Waals surface area contributed by atoms with Gasteiger partial charge in [0.25, 0.3) is 0 Å². The third-order valence-corrected chi connectivity index (χ3v) is 6.43. The molecule has 1 aliphatic carbocycles. The number of hydrogen-bond acceptors (Lipinski definition) is 5. The van der Waals surface area contributed by atoms with Crippen molar-refractivity contribution in [3.8, 4) is 0 Å².